The van der Waals surface area contributed by atoms with Gasteiger partial charge in [0.2, 0.25) is 0 Å². The van der Waals surface area contributed by atoms with E-state index in [2.05, 4.69) is 15.3 Å². The molecule has 2 heterocycles. The van der Waals surface area contributed by atoms with Crippen molar-refractivity contribution in [1.29, 1.82) is 0 Å². The lowest BCUT2D eigenvalue weighted by molar-refractivity contribution is 0.0696. The summed E-state index contributed by atoms with van der Waals surface area (Å²) in [5.74, 6) is -1.31. The monoisotopic (exact) mass is 383 g/mol. The van der Waals surface area contributed by atoms with Gasteiger partial charge < -0.3 is 10.4 Å². The molecule has 0 fully saturated rings. The number of carbonyl (C=O) groups is 2. The number of fused-ring (bicyclic) bond motifs is 1. The summed E-state index contributed by atoms with van der Waals surface area (Å²) in [6.45, 7) is 2.00. The maximum atomic E-state index is 12.9. The Hall–Kier alpha value is -4.06. The van der Waals surface area contributed by atoms with E-state index in [1.54, 1.807) is 42.6 Å². The topological polar surface area (TPSA) is 92.2 Å². The molecule has 142 valence electrons. The standard InChI is InChI=1S/C23H17N3O3/c1-14-4-6-15(7-5-14)21-19(3-2-10-24-21)22(27)26-18-9-8-16-11-17(23(28)29)13-25-20(16)12-18/h2-13H,1H3,(H,26,27)(H,28,29). The van der Waals surface area contributed by atoms with E-state index in [4.69, 9.17) is 5.11 Å². The SMILES string of the molecule is Cc1ccc(-c2ncccc2C(=O)Nc2ccc3cc(C(=O)O)cnc3c2)cc1. The van der Waals surface area contributed by atoms with Crippen LogP contribution in [0.25, 0.3) is 22.2 Å². The number of nitrogens with one attached hydrogen (secondary N) is 1. The third-order valence-electron chi connectivity index (χ3n) is 4.57. The number of pyridine rings is 2. The Balaban J connectivity index is 1.64. The predicted octanol–water partition coefficient (Wildman–Crippen LogP) is 4.56. The highest BCUT2D eigenvalue weighted by Crippen LogP contribution is 2.24. The Bertz CT molecular complexity index is 1230. The number of aromatic nitrogens is 2. The first-order valence-electron chi connectivity index (χ1n) is 8.98. The lowest BCUT2D eigenvalue weighted by Gasteiger charge is -2.10. The molecule has 29 heavy (non-hydrogen) atoms. The number of nitrogens with zero attached hydrogens (tertiary/aromatic N) is 2. The van der Waals surface area contributed by atoms with E-state index in [-0.39, 0.29) is 11.5 Å². The fourth-order valence-electron chi connectivity index (χ4n) is 3.04. The van der Waals surface area contributed by atoms with Crippen LogP contribution in [0, 0.1) is 6.92 Å². The van der Waals surface area contributed by atoms with Gasteiger partial charge in [0.05, 0.1) is 22.3 Å². The molecular formula is C23H17N3O3. The van der Waals surface area contributed by atoms with Crippen LogP contribution < -0.4 is 5.32 Å². The summed E-state index contributed by atoms with van der Waals surface area (Å²) in [6, 6.07) is 18.0. The molecule has 0 atom stereocenters. The summed E-state index contributed by atoms with van der Waals surface area (Å²) < 4.78 is 0. The molecule has 0 aliphatic rings. The maximum Gasteiger partial charge on any atom is 0.337 e. The van der Waals surface area contributed by atoms with Crippen LogP contribution >= 0.6 is 0 Å². The Labute approximate surface area is 166 Å². The molecule has 6 nitrogen and oxygen atoms in total. The van der Waals surface area contributed by atoms with Crippen LogP contribution in [0.1, 0.15) is 26.3 Å². The van der Waals surface area contributed by atoms with Crippen LogP contribution in [0.15, 0.2) is 73.1 Å². The van der Waals surface area contributed by atoms with Gasteiger partial charge in [0.15, 0.2) is 0 Å². The molecule has 6 heteroatoms. The van der Waals surface area contributed by atoms with Crippen molar-refractivity contribution in [3.05, 3.63) is 89.7 Å². The average Bonchev–Trinajstić information content (AvgIpc) is 2.74. The molecule has 2 aromatic carbocycles. The minimum Gasteiger partial charge on any atom is -0.478 e. The number of anilines is 1. The number of rotatable bonds is 4. The van der Waals surface area contributed by atoms with Crippen molar-refractivity contribution in [3.63, 3.8) is 0 Å². The van der Waals surface area contributed by atoms with Crippen LogP contribution in [0.2, 0.25) is 0 Å². The molecule has 1 amide bonds. The molecule has 0 spiro atoms. The number of carboxylic acids is 1. The van der Waals surface area contributed by atoms with Gasteiger partial charge in [-0.25, -0.2) is 4.79 Å². The van der Waals surface area contributed by atoms with Gasteiger partial charge in [-0.2, -0.15) is 0 Å². The number of amides is 1. The van der Waals surface area contributed by atoms with Crippen LogP contribution in [-0.2, 0) is 0 Å². The Morgan fingerprint density at radius 3 is 2.52 bits per heavy atom. The molecule has 0 aliphatic carbocycles. The van der Waals surface area contributed by atoms with Gasteiger partial charge in [-0.05, 0) is 37.3 Å². The molecule has 0 saturated carbocycles. The number of benzene rings is 2. The molecule has 0 unspecified atom stereocenters. The van der Waals surface area contributed by atoms with Gasteiger partial charge in [0.25, 0.3) is 5.91 Å². The van der Waals surface area contributed by atoms with Crippen molar-refractivity contribution in [2.24, 2.45) is 0 Å². The van der Waals surface area contributed by atoms with Gasteiger partial charge in [0.1, 0.15) is 0 Å². The highest BCUT2D eigenvalue weighted by Gasteiger charge is 2.14. The van der Waals surface area contributed by atoms with Gasteiger partial charge >= 0.3 is 5.97 Å². The second-order valence-corrected chi connectivity index (χ2v) is 6.66. The Morgan fingerprint density at radius 1 is 0.966 bits per heavy atom. The van der Waals surface area contributed by atoms with Crippen molar-refractivity contribution >= 4 is 28.5 Å². The summed E-state index contributed by atoms with van der Waals surface area (Å²) in [7, 11) is 0. The number of hydrogen-bond acceptors (Lipinski definition) is 4. The van der Waals surface area contributed by atoms with Gasteiger partial charge in [0, 0.05) is 29.0 Å². The molecule has 4 aromatic rings. The summed E-state index contributed by atoms with van der Waals surface area (Å²) in [6.07, 6.45) is 2.96. The van der Waals surface area contributed by atoms with Gasteiger partial charge in [-0.3, -0.25) is 14.8 Å². The zero-order chi connectivity index (χ0) is 20.4. The first-order valence-corrected chi connectivity index (χ1v) is 8.98. The zero-order valence-corrected chi connectivity index (χ0v) is 15.6. The number of carboxylic acid groups (broad SMARTS) is 1. The number of carbonyl (C=O) groups excluding carboxylic acids is 1. The van der Waals surface area contributed by atoms with Crippen LogP contribution in [0.3, 0.4) is 0 Å². The van der Waals surface area contributed by atoms with E-state index in [0.29, 0.717) is 27.8 Å². The molecule has 2 aromatic heterocycles. The Kier molecular flexibility index (Phi) is 4.75. The second kappa shape index (κ2) is 7.52. The van der Waals surface area contributed by atoms with E-state index in [0.717, 1.165) is 11.1 Å². The van der Waals surface area contributed by atoms with Gasteiger partial charge in [-0.1, -0.05) is 35.9 Å². The molecule has 0 radical (unpaired) electrons. The predicted molar refractivity (Wildman–Crippen MR) is 111 cm³/mol. The van der Waals surface area contributed by atoms with Crippen molar-refractivity contribution < 1.29 is 14.7 Å². The molecular weight excluding hydrogens is 366 g/mol. The van der Waals surface area contributed by atoms with E-state index < -0.39 is 5.97 Å². The number of hydrogen-bond donors (Lipinski definition) is 2. The van der Waals surface area contributed by atoms with E-state index in [1.165, 1.54) is 6.20 Å². The highest BCUT2D eigenvalue weighted by atomic mass is 16.4. The first kappa shape index (κ1) is 18.3. The molecule has 0 bridgehead atoms. The largest absolute Gasteiger partial charge is 0.478 e. The van der Waals surface area contributed by atoms with Crippen LogP contribution in [-0.4, -0.2) is 27.0 Å². The van der Waals surface area contributed by atoms with Crippen LogP contribution in [0.4, 0.5) is 5.69 Å². The smallest absolute Gasteiger partial charge is 0.337 e. The summed E-state index contributed by atoms with van der Waals surface area (Å²) in [5.41, 5.74) is 4.34. The first-order chi connectivity index (χ1) is 14.0. The van der Waals surface area contributed by atoms with Crippen molar-refractivity contribution in [1.82, 2.24) is 9.97 Å². The van der Waals surface area contributed by atoms with Crippen molar-refractivity contribution in [2.45, 2.75) is 6.92 Å². The fraction of sp³-hybridized carbons (Fsp3) is 0.0435. The lowest BCUT2D eigenvalue weighted by atomic mass is 10.0. The van der Waals surface area contributed by atoms with E-state index >= 15 is 0 Å². The second-order valence-electron chi connectivity index (χ2n) is 6.66. The molecule has 4 rings (SSSR count). The maximum absolute atomic E-state index is 12.9. The quantitative estimate of drug-likeness (QED) is 0.539. The van der Waals surface area contributed by atoms with Crippen LogP contribution in [0.5, 0.6) is 0 Å². The van der Waals surface area contributed by atoms with Crippen molar-refractivity contribution in [2.75, 3.05) is 5.32 Å². The summed E-state index contributed by atoms with van der Waals surface area (Å²) in [5, 5.41) is 12.6. The number of aromatic carboxylic acids is 1. The Morgan fingerprint density at radius 2 is 1.76 bits per heavy atom. The fourth-order valence-corrected chi connectivity index (χ4v) is 3.04. The third kappa shape index (κ3) is 3.82. The lowest BCUT2D eigenvalue weighted by Crippen LogP contribution is -2.13. The third-order valence-corrected chi connectivity index (χ3v) is 4.57. The molecule has 0 aliphatic heterocycles. The van der Waals surface area contributed by atoms with E-state index in [9.17, 15) is 9.59 Å². The zero-order valence-electron chi connectivity index (χ0n) is 15.6. The van der Waals surface area contributed by atoms with E-state index in [1.807, 2.05) is 31.2 Å². The average molecular weight is 383 g/mol. The highest BCUT2D eigenvalue weighted by molar-refractivity contribution is 6.08. The molecule has 2 N–H and O–H groups in total. The number of aryl methyl sites for hydroxylation is 1. The molecule has 0 saturated heterocycles. The van der Waals surface area contributed by atoms with Gasteiger partial charge in [-0.15, -0.1) is 0 Å². The minimum absolute atomic E-state index is 0.118. The summed E-state index contributed by atoms with van der Waals surface area (Å²) in [4.78, 5) is 32.5. The normalized spacial score (nSPS) is 10.7. The minimum atomic E-state index is -1.03. The summed E-state index contributed by atoms with van der Waals surface area (Å²) >= 11 is 0. The van der Waals surface area contributed by atoms with Crippen molar-refractivity contribution in [3.8, 4) is 11.3 Å².